The Balaban J connectivity index is 1.26. The largest absolute Gasteiger partial charge is 0.337 e. The Labute approximate surface area is 161 Å². The molecule has 146 valence electrons. The minimum Gasteiger partial charge on any atom is -0.337 e. The monoisotopic (exact) mass is 370 g/mol. The number of hydrogen-bond donors (Lipinski definition) is 0. The van der Waals surface area contributed by atoms with Crippen LogP contribution < -0.4 is 4.90 Å². The molecule has 1 amide bonds. The first kappa shape index (κ1) is 18.2. The average Bonchev–Trinajstić information content (AvgIpc) is 3.35. The summed E-state index contributed by atoms with van der Waals surface area (Å²) in [6, 6.07) is 0.0471. The fourth-order valence-electron chi connectivity index (χ4n) is 4.53. The van der Waals surface area contributed by atoms with Crippen molar-refractivity contribution in [3.63, 3.8) is 0 Å². The Morgan fingerprint density at radius 3 is 2.74 bits per heavy atom. The van der Waals surface area contributed by atoms with Gasteiger partial charge in [-0.2, -0.15) is 5.10 Å². The van der Waals surface area contributed by atoms with Crippen molar-refractivity contribution >= 4 is 11.6 Å². The van der Waals surface area contributed by atoms with Crippen LogP contribution in [0.2, 0.25) is 0 Å². The zero-order valence-electron chi connectivity index (χ0n) is 16.2. The zero-order chi connectivity index (χ0) is 18.6. The molecule has 0 aromatic carbocycles. The summed E-state index contributed by atoms with van der Waals surface area (Å²) in [4.78, 5) is 21.5. The van der Waals surface area contributed by atoms with E-state index in [0.717, 1.165) is 50.6 Å². The molecule has 1 unspecified atom stereocenters. The van der Waals surface area contributed by atoms with E-state index in [2.05, 4.69) is 19.5 Å². The van der Waals surface area contributed by atoms with Crippen LogP contribution in [-0.4, -0.2) is 55.8 Å². The van der Waals surface area contributed by atoms with Crippen molar-refractivity contribution in [3.05, 3.63) is 31.1 Å². The SMILES string of the molecule is Cn1cc(N2CCCC(N3CCC(CCCn4ccnc4)CC3)C2=O)cn1. The maximum absolute atomic E-state index is 13.1. The predicted octanol–water partition coefficient (Wildman–Crippen LogP) is 2.30. The number of imidazole rings is 1. The van der Waals surface area contributed by atoms with E-state index in [0.29, 0.717) is 0 Å². The molecule has 2 aliphatic rings. The highest BCUT2D eigenvalue weighted by Gasteiger charge is 2.35. The van der Waals surface area contributed by atoms with E-state index in [1.54, 1.807) is 10.9 Å². The van der Waals surface area contributed by atoms with E-state index in [1.165, 1.54) is 25.7 Å². The highest BCUT2D eigenvalue weighted by Crippen LogP contribution is 2.28. The summed E-state index contributed by atoms with van der Waals surface area (Å²) in [5, 5.41) is 4.22. The molecule has 2 aliphatic heterocycles. The van der Waals surface area contributed by atoms with Gasteiger partial charge in [-0.1, -0.05) is 0 Å². The first-order chi connectivity index (χ1) is 13.2. The van der Waals surface area contributed by atoms with Crippen LogP contribution >= 0.6 is 0 Å². The Morgan fingerprint density at radius 2 is 2.04 bits per heavy atom. The number of hydrogen-bond acceptors (Lipinski definition) is 4. The van der Waals surface area contributed by atoms with Crippen molar-refractivity contribution in [2.75, 3.05) is 24.5 Å². The fourth-order valence-corrected chi connectivity index (χ4v) is 4.53. The van der Waals surface area contributed by atoms with Gasteiger partial charge in [0.2, 0.25) is 5.91 Å². The molecular formula is C20H30N6O. The van der Waals surface area contributed by atoms with Crippen molar-refractivity contribution in [2.24, 2.45) is 13.0 Å². The molecule has 0 saturated carbocycles. The standard InChI is InChI=1S/C20H30N6O/c1-23-15-18(14-22-23)26-10-3-5-19(20(26)27)25-11-6-17(7-12-25)4-2-9-24-13-8-21-16-24/h8,13-17,19H,2-7,9-12H2,1H3. The van der Waals surface area contributed by atoms with Crippen LogP contribution in [0.25, 0.3) is 0 Å². The van der Waals surface area contributed by atoms with E-state index < -0.39 is 0 Å². The number of amides is 1. The number of nitrogens with zero attached hydrogens (tertiary/aromatic N) is 6. The van der Waals surface area contributed by atoms with Gasteiger partial charge in [-0.05, 0) is 57.5 Å². The lowest BCUT2D eigenvalue weighted by Gasteiger charge is -2.41. The van der Waals surface area contributed by atoms with E-state index in [4.69, 9.17) is 0 Å². The van der Waals surface area contributed by atoms with Gasteiger partial charge in [0.25, 0.3) is 0 Å². The third-order valence-electron chi connectivity index (χ3n) is 6.09. The van der Waals surface area contributed by atoms with Gasteiger partial charge in [-0.15, -0.1) is 0 Å². The highest BCUT2D eigenvalue weighted by atomic mass is 16.2. The molecule has 2 aromatic heterocycles. The van der Waals surface area contributed by atoms with E-state index in [-0.39, 0.29) is 11.9 Å². The number of aryl methyl sites for hydroxylation is 2. The van der Waals surface area contributed by atoms with Crippen LogP contribution in [0.15, 0.2) is 31.1 Å². The van der Waals surface area contributed by atoms with E-state index in [9.17, 15) is 4.79 Å². The molecule has 27 heavy (non-hydrogen) atoms. The number of rotatable bonds is 6. The molecule has 0 bridgehead atoms. The van der Waals surface area contributed by atoms with E-state index in [1.807, 2.05) is 36.9 Å². The number of piperidine rings is 2. The molecule has 7 nitrogen and oxygen atoms in total. The summed E-state index contributed by atoms with van der Waals surface area (Å²) in [5.41, 5.74) is 0.932. The van der Waals surface area contributed by atoms with Crippen LogP contribution in [0.4, 0.5) is 5.69 Å². The summed E-state index contributed by atoms with van der Waals surface area (Å²) < 4.78 is 3.92. The summed E-state index contributed by atoms with van der Waals surface area (Å²) in [7, 11) is 1.90. The molecule has 1 atom stereocenters. The highest BCUT2D eigenvalue weighted by molar-refractivity contribution is 5.97. The quantitative estimate of drug-likeness (QED) is 0.783. The van der Waals surface area contributed by atoms with Gasteiger partial charge in [-0.25, -0.2) is 4.98 Å². The van der Waals surface area contributed by atoms with Crippen LogP contribution in [0.3, 0.4) is 0 Å². The number of carbonyl (C=O) groups excluding carboxylic acids is 1. The molecule has 7 heteroatoms. The summed E-state index contributed by atoms with van der Waals surface area (Å²) in [5.74, 6) is 1.05. The van der Waals surface area contributed by atoms with Crippen LogP contribution in [0, 0.1) is 5.92 Å². The van der Waals surface area contributed by atoms with Crippen molar-refractivity contribution in [1.29, 1.82) is 0 Å². The number of likely N-dealkylation sites (tertiary alicyclic amines) is 1. The van der Waals surface area contributed by atoms with Crippen molar-refractivity contribution in [1.82, 2.24) is 24.2 Å². The normalized spacial score (nSPS) is 22.5. The first-order valence-corrected chi connectivity index (χ1v) is 10.2. The molecule has 0 N–H and O–H groups in total. The minimum atomic E-state index is 0.0471. The lowest BCUT2D eigenvalue weighted by Crippen LogP contribution is -2.54. The second-order valence-electron chi connectivity index (χ2n) is 7.94. The van der Waals surface area contributed by atoms with Crippen LogP contribution in [0.5, 0.6) is 0 Å². The average molecular weight is 371 g/mol. The molecule has 0 aliphatic carbocycles. The summed E-state index contributed by atoms with van der Waals surface area (Å²) in [6.07, 6.45) is 16.5. The molecule has 2 fully saturated rings. The topological polar surface area (TPSA) is 59.2 Å². The molecule has 4 rings (SSSR count). The van der Waals surface area contributed by atoms with Gasteiger partial charge in [-0.3, -0.25) is 14.4 Å². The Hall–Kier alpha value is -2.15. The Morgan fingerprint density at radius 1 is 1.19 bits per heavy atom. The zero-order valence-corrected chi connectivity index (χ0v) is 16.2. The third-order valence-corrected chi connectivity index (χ3v) is 6.09. The van der Waals surface area contributed by atoms with Crippen molar-refractivity contribution < 1.29 is 4.79 Å². The number of carbonyl (C=O) groups is 1. The molecule has 2 aromatic rings. The van der Waals surface area contributed by atoms with Crippen molar-refractivity contribution in [2.45, 2.75) is 51.1 Å². The molecule has 0 spiro atoms. The van der Waals surface area contributed by atoms with Gasteiger partial charge < -0.3 is 9.47 Å². The minimum absolute atomic E-state index is 0.0471. The van der Waals surface area contributed by atoms with E-state index >= 15 is 0 Å². The van der Waals surface area contributed by atoms with Gasteiger partial charge in [0.15, 0.2) is 0 Å². The molecule has 4 heterocycles. The molecule has 2 saturated heterocycles. The second kappa shape index (κ2) is 8.25. The maximum atomic E-state index is 13.1. The number of aromatic nitrogens is 4. The fraction of sp³-hybridized carbons (Fsp3) is 0.650. The molecule has 0 radical (unpaired) electrons. The maximum Gasteiger partial charge on any atom is 0.244 e. The molecular weight excluding hydrogens is 340 g/mol. The van der Waals surface area contributed by atoms with Crippen LogP contribution in [0.1, 0.15) is 38.5 Å². The lowest BCUT2D eigenvalue weighted by atomic mass is 9.90. The third kappa shape index (κ3) is 4.24. The number of anilines is 1. The Kier molecular flexibility index (Phi) is 5.57. The first-order valence-electron chi connectivity index (χ1n) is 10.2. The van der Waals surface area contributed by atoms with Gasteiger partial charge >= 0.3 is 0 Å². The lowest BCUT2D eigenvalue weighted by molar-refractivity contribution is -0.126. The van der Waals surface area contributed by atoms with Crippen LogP contribution in [-0.2, 0) is 18.4 Å². The summed E-state index contributed by atoms with van der Waals surface area (Å²) >= 11 is 0. The second-order valence-corrected chi connectivity index (χ2v) is 7.94. The van der Waals surface area contributed by atoms with Crippen molar-refractivity contribution in [3.8, 4) is 0 Å². The van der Waals surface area contributed by atoms with Gasteiger partial charge in [0.05, 0.1) is 24.3 Å². The van der Waals surface area contributed by atoms with Gasteiger partial charge in [0, 0.05) is 38.7 Å². The Bertz CT molecular complexity index is 732. The smallest absolute Gasteiger partial charge is 0.244 e. The van der Waals surface area contributed by atoms with Gasteiger partial charge in [0.1, 0.15) is 0 Å². The predicted molar refractivity (Wildman–Crippen MR) is 104 cm³/mol. The summed E-state index contributed by atoms with van der Waals surface area (Å²) in [6.45, 7) is 3.97.